The molecule has 0 radical (unpaired) electrons. The molecule has 5 heteroatoms. The molecule has 0 bridgehead atoms. The molecule has 1 fully saturated rings. The van der Waals surface area contributed by atoms with Gasteiger partial charge in [0.1, 0.15) is 6.61 Å². The molecule has 1 atom stereocenters. The second-order valence-electron chi connectivity index (χ2n) is 4.07. The van der Waals surface area contributed by atoms with Crippen molar-refractivity contribution in [1.82, 2.24) is 4.90 Å². The summed E-state index contributed by atoms with van der Waals surface area (Å²) in [5.74, 6) is -0.406. The molecule has 0 aliphatic carbocycles. The van der Waals surface area contributed by atoms with Gasteiger partial charge in [0.2, 0.25) is 5.91 Å². The highest BCUT2D eigenvalue weighted by Crippen LogP contribution is 2.18. The Labute approximate surface area is 102 Å². The highest BCUT2D eigenvalue weighted by Gasteiger charge is 2.29. The minimum atomic E-state index is -0.193. The number of nitrogens with zero attached hydrogens (tertiary/aromatic N) is 1. The summed E-state index contributed by atoms with van der Waals surface area (Å²) in [7, 11) is 0. The Bertz CT molecular complexity index is 267. The average molecular weight is 243 g/mol. The maximum atomic E-state index is 11.7. The van der Waals surface area contributed by atoms with E-state index in [0.29, 0.717) is 26.3 Å². The van der Waals surface area contributed by atoms with Crippen LogP contribution in [0.5, 0.6) is 0 Å². The first-order chi connectivity index (χ1) is 8.19. The van der Waals surface area contributed by atoms with E-state index in [0.717, 1.165) is 12.8 Å². The quantitative estimate of drug-likeness (QED) is 0.671. The van der Waals surface area contributed by atoms with E-state index in [9.17, 15) is 9.59 Å². The minimum absolute atomic E-state index is 0.0409. The van der Waals surface area contributed by atoms with E-state index in [1.54, 1.807) is 11.8 Å². The predicted octanol–water partition coefficient (Wildman–Crippen LogP) is 0.825. The lowest BCUT2D eigenvalue weighted by Crippen LogP contribution is -2.44. The van der Waals surface area contributed by atoms with E-state index < -0.39 is 0 Å². The van der Waals surface area contributed by atoms with Crippen LogP contribution in [0.15, 0.2) is 0 Å². The third kappa shape index (κ3) is 4.34. The number of rotatable bonds is 5. The average Bonchev–Trinajstić information content (AvgIpc) is 2.36. The number of esters is 1. The van der Waals surface area contributed by atoms with Crippen molar-refractivity contribution in [2.75, 3.05) is 32.9 Å². The standard InChI is InChI=1S/C12H21NO4/c1-3-16-9-11(14)13-7-5-6-10(8-13)12(15)17-4-2/h10H,3-9H2,1-2H3/t10-/m0/s1. The summed E-state index contributed by atoms with van der Waals surface area (Å²) < 4.78 is 10.1. The molecule has 0 saturated carbocycles. The number of ether oxygens (including phenoxy) is 2. The molecule has 5 nitrogen and oxygen atoms in total. The molecule has 1 aliphatic heterocycles. The van der Waals surface area contributed by atoms with Crippen molar-refractivity contribution in [3.8, 4) is 0 Å². The number of carbonyl (C=O) groups is 2. The van der Waals surface area contributed by atoms with Gasteiger partial charge in [-0.25, -0.2) is 0 Å². The Hall–Kier alpha value is -1.10. The van der Waals surface area contributed by atoms with Crippen LogP contribution in [-0.2, 0) is 19.1 Å². The first kappa shape index (κ1) is 14.0. The van der Waals surface area contributed by atoms with E-state index in [2.05, 4.69) is 0 Å². The number of amides is 1. The molecule has 0 spiro atoms. The summed E-state index contributed by atoms with van der Waals surface area (Å²) in [6.45, 7) is 5.84. The van der Waals surface area contributed by atoms with E-state index >= 15 is 0 Å². The van der Waals surface area contributed by atoms with Crippen LogP contribution < -0.4 is 0 Å². The predicted molar refractivity (Wildman–Crippen MR) is 62.4 cm³/mol. The molecule has 17 heavy (non-hydrogen) atoms. The summed E-state index contributed by atoms with van der Waals surface area (Å²) in [4.78, 5) is 25.0. The van der Waals surface area contributed by atoms with Crippen LogP contribution in [0.2, 0.25) is 0 Å². The summed E-state index contributed by atoms with van der Waals surface area (Å²) in [6.07, 6.45) is 1.65. The summed E-state index contributed by atoms with van der Waals surface area (Å²) in [6, 6.07) is 0. The van der Waals surface area contributed by atoms with E-state index in [-0.39, 0.29) is 24.4 Å². The molecular formula is C12H21NO4. The molecule has 1 saturated heterocycles. The molecule has 0 unspecified atom stereocenters. The van der Waals surface area contributed by atoms with Crippen LogP contribution in [0.1, 0.15) is 26.7 Å². The zero-order valence-corrected chi connectivity index (χ0v) is 10.6. The SMILES string of the molecule is CCOCC(=O)N1CCC[C@H](C(=O)OCC)C1. The lowest BCUT2D eigenvalue weighted by atomic mass is 9.98. The van der Waals surface area contributed by atoms with Gasteiger partial charge in [0.05, 0.1) is 12.5 Å². The van der Waals surface area contributed by atoms with Crippen molar-refractivity contribution >= 4 is 11.9 Å². The summed E-state index contributed by atoms with van der Waals surface area (Å²) >= 11 is 0. The molecule has 98 valence electrons. The van der Waals surface area contributed by atoms with Gasteiger partial charge >= 0.3 is 5.97 Å². The maximum Gasteiger partial charge on any atom is 0.310 e. The van der Waals surface area contributed by atoms with Crippen LogP contribution in [0.25, 0.3) is 0 Å². The molecule has 0 aromatic heterocycles. The van der Waals surface area contributed by atoms with Crippen LogP contribution in [0.3, 0.4) is 0 Å². The summed E-state index contributed by atoms with van der Waals surface area (Å²) in [5.41, 5.74) is 0. The minimum Gasteiger partial charge on any atom is -0.466 e. The molecule has 1 amide bonds. The van der Waals surface area contributed by atoms with Gasteiger partial charge in [-0.3, -0.25) is 9.59 Å². The molecule has 0 aromatic carbocycles. The number of carbonyl (C=O) groups excluding carboxylic acids is 2. The lowest BCUT2D eigenvalue weighted by molar-refractivity contribution is -0.152. The van der Waals surface area contributed by atoms with Gasteiger partial charge in [0.25, 0.3) is 0 Å². The molecule has 0 aromatic rings. The highest BCUT2D eigenvalue weighted by atomic mass is 16.5. The van der Waals surface area contributed by atoms with Crippen molar-refractivity contribution in [3.63, 3.8) is 0 Å². The molecule has 1 heterocycles. The zero-order chi connectivity index (χ0) is 12.7. The third-order valence-electron chi connectivity index (χ3n) is 2.82. The van der Waals surface area contributed by atoms with Gasteiger partial charge in [0.15, 0.2) is 0 Å². The Morgan fingerprint density at radius 1 is 1.29 bits per heavy atom. The number of piperidine rings is 1. The van der Waals surface area contributed by atoms with Crippen molar-refractivity contribution in [1.29, 1.82) is 0 Å². The van der Waals surface area contributed by atoms with Gasteiger partial charge in [-0.15, -0.1) is 0 Å². The third-order valence-corrected chi connectivity index (χ3v) is 2.82. The fourth-order valence-corrected chi connectivity index (χ4v) is 1.94. The molecule has 0 N–H and O–H groups in total. The van der Waals surface area contributed by atoms with Crippen molar-refractivity contribution < 1.29 is 19.1 Å². The number of hydrogen-bond acceptors (Lipinski definition) is 4. The van der Waals surface area contributed by atoms with Crippen molar-refractivity contribution in [3.05, 3.63) is 0 Å². The van der Waals surface area contributed by atoms with Crippen LogP contribution in [0.4, 0.5) is 0 Å². The fraction of sp³-hybridized carbons (Fsp3) is 0.833. The normalized spacial score (nSPS) is 20.1. The van der Waals surface area contributed by atoms with Gasteiger partial charge in [-0.1, -0.05) is 0 Å². The van der Waals surface area contributed by atoms with Crippen molar-refractivity contribution in [2.45, 2.75) is 26.7 Å². The Kier molecular flexibility index (Phi) is 5.97. The first-order valence-corrected chi connectivity index (χ1v) is 6.21. The molecule has 1 aliphatic rings. The van der Waals surface area contributed by atoms with Crippen molar-refractivity contribution in [2.24, 2.45) is 5.92 Å². The Balaban J connectivity index is 2.42. The van der Waals surface area contributed by atoms with E-state index in [4.69, 9.17) is 9.47 Å². The summed E-state index contributed by atoms with van der Waals surface area (Å²) in [5, 5.41) is 0. The topological polar surface area (TPSA) is 55.8 Å². The second-order valence-corrected chi connectivity index (χ2v) is 4.07. The smallest absolute Gasteiger partial charge is 0.310 e. The number of hydrogen-bond donors (Lipinski definition) is 0. The van der Waals surface area contributed by atoms with Crippen LogP contribution in [-0.4, -0.2) is 49.7 Å². The van der Waals surface area contributed by atoms with Crippen LogP contribution in [0, 0.1) is 5.92 Å². The first-order valence-electron chi connectivity index (χ1n) is 6.21. The number of likely N-dealkylation sites (tertiary alicyclic amines) is 1. The molecule has 1 rings (SSSR count). The largest absolute Gasteiger partial charge is 0.466 e. The Morgan fingerprint density at radius 2 is 2.06 bits per heavy atom. The maximum absolute atomic E-state index is 11.7. The van der Waals surface area contributed by atoms with E-state index in [1.807, 2.05) is 6.92 Å². The van der Waals surface area contributed by atoms with E-state index in [1.165, 1.54) is 0 Å². The highest BCUT2D eigenvalue weighted by molar-refractivity contribution is 5.79. The monoisotopic (exact) mass is 243 g/mol. The fourth-order valence-electron chi connectivity index (χ4n) is 1.94. The lowest BCUT2D eigenvalue weighted by Gasteiger charge is -2.31. The molecular weight excluding hydrogens is 222 g/mol. The Morgan fingerprint density at radius 3 is 2.71 bits per heavy atom. The van der Waals surface area contributed by atoms with Crippen LogP contribution >= 0.6 is 0 Å². The van der Waals surface area contributed by atoms with Gasteiger partial charge in [-0.2, -0.15) is 0 Å². The van der Waals surface area contributed by atoms with Gasteiger partial charge < -0.3 is 14.4 Å². The van der Waals surface area contributed by atoms with Gasteiger partial charge in [-0.05, 0) is 26.7 Å². The zero-order valence-electron chi connectivity index (χ0n) is 10.6. The van der Waals surface area contributed by atoms with Gasteiger partial charge in [0, 0.05) is 19.7 Å². The second kappa shape index (κ2) is 7.27.